The molecule has 1 aliphatic rings. The molecule has 1 unspecified atom stereocenters. The number of likely N-dealkylation sites (N-methyl/N-ethyl adjacent to an activating group) is 1. The van der Waals surface area contributed by atoms with Gasteiger partial charge in [0.2, 0.25) is 0 Å². The molecule has 0 saturated carbocycles. The number of hydrazone groups is 1. The lowest BCUT2D eigenvalue weighted by atomic mass is 10.0. The zero-order chi connectivity index (χ0) is 24.4. The maximum Gasteiger partial charge on any atom is 0.258 e. The monoisotopic (exact) mass is 469 g/mol. The highest BCUT2D eigenvalue weighted by Crippen LogP contribution is 2.33. The third-order valence-electron chi connectivity index (χ3n) is 6.26. The van der Waals surface area contributed by atoms with Gasteiger partial charge in [-0.1, -0.05) is 48.9 Å². The second-order valence-corrected chi connectivity index (χ2v) is 8.72. The van der Waals surface area contributed by atoms with Gasteiger partial charge in [0.05, 0.1) is 36.0 Å². The van der Waals surface area contributed by atoms with Crippen molar-refractivity contribution in [2.45, 2.75) is 32.9 Å². The molecule has 178 valence electrons. The number of nitrogens with zero attached hydrogens (tertiary/aromatic N) is 4. The van der Waals surface area contributed by atoms with E-state index in [4.69, 9.17) is 9.52 Å². The highest BCUT2D eigenvalue weighted by Gasteiger charge is 2.35. The molecule has 3 heterocycles. The standard InChI is InChI=1S/C27H27N5O3/c1-3-31(16-25-28-21-8-5-4-7-20(21)27(34)29-25)17-26(33)32-23(24-9-6-14-35-24)15-22(30-32)19-12-10-18(2)11-13-19/h4-14,23H,3,15-17H2,1-2H3,(H,28,29,34). The van der Waals surface area contributed by atoms with E-state index in [2.05, 4.69) is 9.97 Å². The van der Waals surface area contributed by atoms with Crippen molar-refractivity contribution >= 4 is 22.5 Å². The Kier molecular flexibility index (Phi) is 6.29. The van der Waals surface area contributed by atoms with E-state index in [1.165, 1.54) is 10.6 Å². The lowest BCUT2D eigenvalue weighted by Gasteiger charge is -2.24. The minimum atomic E-state index is -0.300. The normalized spacial score (nSPS) is 15.7. The summed E-state index contributed by atoms with van der Waals surface area (Å²) in [6, 6.07) is 18.8. The van der Waals surface area contributed by atoms with Crippen molar-refractivity contribution in [1.29, 1.82) is 0 Å². The van der Waals surface area contributed by atoms with Crippen molar-refractivity contribution in [2.24, 2.45) is 5.10 Å². The number of aromatic nitrogens is 2. The first-order valence-corrected chi connectivity index (χ1v) is 11.7. The minimum Gasteiger partial charge on any atom is -0.467 e. The van der Waals surface area contributed by atoms with Crippen LogP contribution in [0.15, 0.2) is 81.2 Å². The number of hydrogen-bond acceptors (Lipinski definition) is 6. The Morgan fingerprint density at radius 3 is 2.69 bits per heavy atom. The second kappa shape index (κ2) is 9.68. The second-order valence-electron chi connectivity index (χ2n) is 8.72. The van der Waals surface area contributed by atoms with Crippen molar-refractivity contribution < 1.29 is 9.21 Å². The van der Waals surface area contributed by atoms with E-state index >= 15 is 0 Å². The Labute approximate surface area is 202 Å². The predicted octanol–water partition coefficient (Wildman–Crippen LogP) is 4.02. The van der Waals surface area contributed by atoms with Crippen LogP contribution in [0.25, 0.3) is 10.9 Å². The summed E-state index contributed by atoms with van der Waals surface area (Å²) in [4.78, 5) is 35.3. The van der Waals surface area contributed by atoms with Crippen LogP contribution in [0.1, 0.15) is 42.1 Å². The van der Waals surface area contributed by atoms with Crippen LogP contribution in [-0.2, 0) is 11.3 Å². The Hall–Kier alpha value is -4.04. The van der Waals surface area contributed by atoms with Crippen LogP contribution >= 0.6 is 0 Å². The van der Waals surface area contributed by atoms with E-state index < -0.39 is 0 Å². The number of aryl methyl sites for hydroxylation is 1. The molecule has 4 aromatic rings. The van der Waals surface area contributed by atoms with Crippen LogP contribution in [0.3, 0.4) is 0 Å². The number of aromatic amines is 1. The number of benzene rings is 2. The van der Waals surface area contributed by atoms with Gasteiger partial charge in [-0.25, -0.2) is 9.99 Å². The molecule has 0 fully saturated rings. The van der Waals surface area contributed by atoms with Gasteiger partial charge in [-0.15, -0.1) is 0 Å². The fourth-order valence-electron chi connectivity index (χ4n) is 4.33. The Morgan fingerprint density at radius 1 is 1.14 bits per heavy atom. The third kappa shape index (κ3) is 4.79. The lowest BCUT2D eigenvalue weighted by molar-refractivity contribution is -0.134. The summed E-state index contributed by atoms with van der Waals surface area (Å²) in [7, 11) is 0. The molecule has 0 saturated heterocycles. The molecular weight excluding hydrogens is 442 g/mol. The van der Waals surface area contributed by atoms with E-state index in [1.807, 2.05) is 73.3 Å². The minimum absolute atomic E-state index is 0.134. The molecular formula is C27H27N5O3. The Morgan fingerprint density at radius 2 is 1.94 bits per heavy atom. The molecule has 35 heavy (non-hydrogen) atoms. The van der Waals surface area contributed by atoms with Crippen LogP contribution in [0.2, 0.25) is 0 Å². The first kappa shape index (κ1) is 22.7. The number of furan rings is 1. The number of amides is 1. The van der Waals surface area contributed by atoms with Gasteiger partial charge in [0, 0.05) is 6.42 Å². The van der Waals surface area contributed by atoms with E-state index in [0.29, 0.717) is 42.0 Å². The van der Waals surface area contributed by atoms with E-state index in [1.54, 1.807) is 12.3 Å². The van der Waals surface area contributed by atoms with Gasteiger partial charge < -0.3 is 9.40 Å². The summed E-state index contributed by atoms with van der Waals surface area (Å²) in [6.45, 7) is 5.10. The van der Waals surface area contributed by atoms with Crippen LogP contribution in [0, 0.1) is 6.92 Å². The topological polar surface area (TPSA) is 94.8 Å². The summed E-state index contributed by atoms with van der Waals surface area (Å²) in [5, 5.41) is 6.80. The molecule has 0 radical (unpaired) electrons. The maximum atomic E-state index is 13.5. The van der Waals surface area contributed by atoms with Crippen LogP contribution in [-0.4, -0.2) is 44.6 Å². The average molecular weight is 470 g/mol. The molecule has 1 N–H and O–H groups in total. The van der Waals surface area contributed by atoms with Gasteiger partial charge in [0.25, 0.3) is 11.5 Å². The third-order valence-corrected chi connectivity index (χ3v) is 6.26. The van der Waals surface area contributed by atoms with Crippen molar-refractivity contribution in [3.8, 4) is 0 Å². The van der Waals surface area contributed by atoms with Crippen molar-refractivity contribution in [2.75, 3.05) is 13.1 Å². The quantitative estimate of drug-likeness (QED) is 0.441. The molecule has 8 nitrogen and oxygen atoms in total. The van der Waals surface area contributed by atoms with Gasteiger partial charge in [-0.05, 0) is 43.3 Å². The largest absolute Gasteiger partial charge is 0.467 e. The van der Waals surface area contributed by atoms with Crippen molar-refractivity contribution in [3.05, 3.63) is 100.0 Å². The molecule has 1 atom stereocenters. The molecule has 2 aromatic heterocycles. The average Bonchev–Trinajstić information content (AvgIpc) is 3.54. The van der Waals surface area contributed by atoms with Crippen molar-refractivity contribution in [3.63, 3.8) is 0 Å². The number of H-pyrrole nitrogens is 1. The molecule has 1 aliphatic heterocycles. The Balaban J connectivity index is 1.37. The molecule has 1 amide bonds. The van der Waals surface area contributed by atoms with E-state index in [-0.39, 0.29) is 24.1 Å². The van der Waals surface area contributed by atoms with Crippen LogP contribution in [0.4, 0.5) is 0 Å². The summed E-state index contributed by atoms with van der Waals surface area (Å²) >= 11 is 0. The molecule has 2 aromatic carbocycles. The summed E-state index contributed by atoms with van der Waals surface area (Å²) < 4.78 is 5.65. The summed E-state index contributed by atoms with van der Waals surface area (Å²) in [5.74, 6) is 1.09. The molecule has 0 spiro atoms. The van der Waals surface area contributed by atoms with Crippen molar-refractivity contribution in [1.82, 2.24) is 19.9 Å². The van der Waals surface area contributed by atoms with Crippen LogP contribution in [0.5, 0.6) is 0 Å². The molecule has 8 heteroatoms. The SMILES string of the molecule is CCN(CC(=O)N1N=C(c2ccc(C)cc2)CC1c1ccco1)Cc1nc2ccccc2c(=O)[nH]1. The predicted molar refractivity (Wildman–Crippen MR) is 134 cm³/mol. The van der Waals surface area contributed by atoms with Crippen LogP contribution < -0.4 is 5.56 Å². The van der Waals surface area contributed by atoms with E-state index in [0.717, 1.165) is 11.3 Å². The summed E-state index contributed by atoms with van der Waals surface area (Å²) in [6.07, 6.45) is 2.19. The van der Waals surface area contributed by atoms with Gasteiger partial charge in [0.1, 0.15) is 17.6 Å². The highest BCUT2D eigenvalue weighted by molar-refractivity contribution is 6.03. The lowest BCUT2D eigenvalue weighted by Crippen LogP contribution is -2.38. The molecule has 5 rings (SSSR count). The highest BCUT2D eigenvalue weighted by atomic mass is 16.3. The first-order chi connectivity index (χ1) is 17.0. The maximum absolute atomic E-state index is 13.5. The van der Waals surface area contributed by atoms with E-state index in [9.17, 15) is 9.59 Å². The number of hydrogen-bond donors (Lipinski definition) is 1. The van der Waals surface area contributed by atoms with Gasteiger partial charge in [-0.3, -0.25) is 14.5 Å². The zero-order valence-electron chi connectivity index (χ0n) is 19.8. The zero-order valence-corrected chi connectivity index (χ0v) is 19.8. The number of fused-ring (bicyclic) bond motifs is 1. The number of para-hydroxylation sites is 1. The van der Waals surface area contributed by atoms with Gasteiger partial charge >= 0.3 is 0 Å². The molecule has 0 aliphatic carbocycles. The fraction of sp³-hybridized carbons (Fsp3) is 0.259. The Bertz CT molecular complexity index is 1420. The smallest absolute Gasteiger partial charge is 0.258 e. The van der Waals surface area contributed by atoms with Gasteiger partial charge in [0.15, 0.2) is 0 Å². The molecule has 0 bridgehead atoms. The summed E-state index contributed by atoms with van der Waals surface area (Å²) in [5.41, 5.74) is 3.47. The van der Waals surface area contributed by atoms with Gasteiger partial charge in [-0.2, -0.15) is 5.10 Å². The number of carbonyl (C=O) groups is 1. The number of carbonyl (C=O) groups excluding carboxylic acids is 1. The fourth-order valence-corrected chi connectivity index (χ4v) is 4.33. The first-order valence-electron chi connectivity index (χ1n) is 11.7. The number of rotatable bonds is 7. The number of nitrogens with one attached hydrogen (secondary N) is 1.